The van der Waals surface area contributed by atoms with Gasteiger partial charge >= 0.3 is 0 Å². The summed E-state index contributed by atoms with van der Waals surface area (Å²) < 4.78 is 27.7. The molecule has 6 nitrogen and oxygen atoms in total. The molecule has 1 saturated carbocycles. The van der Waals surface area contributed by atoms with Crippen LogP contribution < -0.4 is 16.2 Å². The summed E-state index contributed by atoms with van der Waals surface area (Å²) in [6, 6.07) is 4.35. The third-order valence-electron chi connectivity index (χ3n) is 4.05. The van der Waals surface area contributed by atoms with Crippen molar-refractivity contribution in [1.29, 1.82) is 0 Å². The van der Waals surface area contributed by atoms with Crippen LogP contribution in [-0.2, 0) is 10.0 Å². The maximum atomic E-state index is 12.5. The van der Waals surface area contributed by atoms with Crippen molar-refractivity contribution >= 4 is 15.9 Å². The number of rotatable bonds is 6. The number of hydrogen-bond acceptors (Lipinski definition) is 4. The zero-order valence-corrected chi connectivity index (χ0v) is 13.0. The lowest BCUT2D eigenvalue weighted by Gasteiger charge is -2.29. The Morgan fingerprint density at radius 2 is 2.05 bits per heavy atom. The van der Waals surface area contributed by atoms with Crippen LogP contribution in [0.15, 0.2) is 23.1 Å². The van der Waals surface area contributed by atoms with Gasteiger partial charge < -0.3 is 11.5 Å². The van der Waals surface area contributed by atoms with E-state index in [1.165, 1.54) is 12.1 Å². The van der Waals surface area contributed by atoms with Gasteiger partial charge in [0.05, 0.1) is 4.90 Å². The molecule has 1 aromatic rings. The van der Waals surface area contributed by atoms with E-state index in [0.717, 1.165) is 12.8 Å². The first-order valence-electron chi connectivity index (χ1n) is 6.84. The van der Waals surface area contributed by atoms with Crippen LogP contribution in [0.3, 0.4) is 0 Å². The lowest BCUT2D eigenvalue weighted by Crippen LogP contribution is -2.52. The average Bonchev–Trinajstić information content (AvgIpc) is 3.22. The van der Waals surface area contributed by atoms with Crippen molar-refractivity contribution in [3.8, 4) is 0 Å². The number of hydrogen-bond donors (Lipinski definition) is 3. The van der Waals surface area contributed by atoms with Gasteiger partial charge in [0, 0.05) is 17.6 Å². The second-order valence-electron chi connectivity index (χ2n) is 5.84. The Morgan fingerprint density at radius 1 is 1.43 bits per heavy atom. The molecule has 1 aliphatic carbocycles. The molecule has 0 saturated heterocycles. The quantitative estimate of drug-likeness (QED) is 0.709. The Kier molecular flexibility index (Phi) is 4.10. The third-order valence-corrected chi connectivity index (χ3v) is 5.66. The number of amides is 1. The summed E-state index contributed by atoms with van der Waals surface area (Å²) in [6.45, 7) is 3.74. The lowest BCUT2D eigenvalue weighted by molar-refractivity contribution is 0.0999. The second-order valence-corrected chi connectivity index (χ2v) is 7.52. The highest BCUT2D eigenvalue weighted by atomic mass is 32.2. The number of primary amides is 1. The molecule has 0 heterocycles. The summed E-state index contributed by atoms with van der Waals surface area (Å²) in [5.41, 5.74) is 11.2. The van der Waals surface area contributed by atoms with Crippen LogP contribution in [0.1, 0.15) is 35.7 Å². The molecule has 0 spiro atoms. The number of carbonyl (C=O) groups excluding carboxylic acids is 1. The van der Waals surface area contributed by atoms with Gasteiger partial charge in [-0.2, -0.15) is 0 Å². The summed E-state index contributed by atoms with van der Waals surface area (Å²) in [6.07, 6.45) is 1.94. The van der Waals surface area contributed by atoms with Gasteiger partial charge in [-0.05, 0) is 50.3 Å². The minimum absolute atomic E-state index is 0.0298. The topological polar surface area (TPSA) is 115 Å². The van der Waals surface area contributed by atoms with Gasteiger partial charge in [0.15, 0.2) is 0 Å². The number of carbonyl (C=O) groups is 1. The molecule has 116 valence electrons. The molecule has 7 heteroatoms. The van der Waals surface area contributed by atoms with Crippen LogP contribution >= 0.6 is 0 Å². The van der Waals surface area contributed by atoms with E-state index >= 15 is 0 Å². The Bertz CT molecular complexity index is 668. The first-order chi connectivity index (χ1) is 9.69. The van der Waals surface area contributed by atoms with E-state index in [1.807, 2.05) is 6.92 Å². The third kappa shape index (κ3) is 3.25. The van der Waals surface area contributed by atoms with E-state index in [9.17, 15) is 13.2 Å². The largest absolute Gasteiger partial charge is 0.366 e. The predicted molar refractivity (Wildman–Crippen MR) is 80.2 cm³/mol. The van der Waals surface area contributed by atoms with Crippen molar-refractivity contribution in [3.05, 3.63) is 29.3 Å². The maximum absolute atomic E-state index is 12.5. The highest BCUT2D eigenvalue weighted by Crippen LogP contribution is 2.39. The summed E-state index contributed by atoms with van der Waals surface area (Å²) in [7, 11) is -3.75. The molecule has 1 unspecified atom stereocenters. The number of benzene rings is 1. The second kappa shape index (κ2) is 5.40. The minimum atomic E-state index is -3.75. The summed E-state index contributed by atoms with van der Waals surface area (Å²) in [5, 5.41) is 0. The van der Waals surface area contributed by atoms with E-state index < -0.39 is 21.5 Å². The summed E-state index contributed by atoms with van der Waals surface area (Å²) in [5.74, 6) is -0.383. The predicted octanol–water partition coefficient (Wildman–Crippen LogP) is 0.500. The summed E-state index contributed by atoms with van der Waals surface area (Å²) >= 11 is 0. The molecular weight excluding hydrogens is 290 g/mol. The van der Waals surface area contributed by atoms with Gasteiger partial charge in [-0.25, -0.2) is 13.1 Å². The Balaban J connectivity index is 2.35. The zero-order chi connectivity index (χ0) is 15.8. The van der Waals surface area contributed by atoms with Crippen molar-refractivity contribution < 1.29 is 13.2 Å². The van der Waals surface area contributed by atoms with Crippen LogP contribution in [-0.4, -0.2) is 26.4 Å². The normalized spacial score (nSPS) is 18.2. The van der Waals surface area contributed by atoms with Crippen LogP contribution in [0.4, 0.5) is 0 Å². The zero-order valence-electron chi connectivity index (χ0n) is 12.2. The number of nitrogens with two attached hydrogens (primary N) is 2. The lowest BCUT2D eigenvalue weighted by atomic mass is 9.98. The van der Waals surface area contributed by atoms with E-state index in [1.54, 1.807) is 13.0 Å². The van der Waals surface area contributed by atoms with Gasteiger partial charge in [0.2, 0.25) is 15.9 Å². The molecular formula is C14H21N3O3S. The van der Waals surface area contributed by atoms with Crippen molar-refractivity contribution in [2.24, 2.45) is 17.4 Å². The maximum Gasteiger partial charge on any atom is 0.249 e. The Hall–Kier alpha value is -1.44. The molecule has 5 N–H and O–H groups in total. The fourth-order valence-corrected chi connectivity index (χ4v) is 3.91. The highest BCUT2D eigenvalue weighted by molar-refractivity contribution is 7.89. The van der Waals surface area contributed by atoms with Crippen LogP contribution in [0.5, 0.6) is 0 Å². The van der Waals surface area contributed by atoms with E-state index in [2.05, 4.69) is 4.72 Å². The van der Waals surface area contributed by atoms with Gasteiger partial charge in [-0.1, -0.05) is 6.07 Å². The smallest absolute Gasteiger partial charge is 0.249 e. The van der Waals surface area contributed by atoms with Gasteiger partial charge in [-0.3, -0.25) is 4.79 Å². The van der Waals surface area contributed by atoms with Crippen molar-refractivity contribution in [3.63, 3.8) is 0 Å². The van der Waals surface area contributed by atoms with E-state index in [4.69, 9.17) is 11.5 Å². The molecule has 21 heavy (non-hydrogen) atoms. The highest BCUT2D eigenvalue weighted by Gasteiger charge is 2.43. The molecule has 1 atom stereocenters. The minimum Gasteiger partial charge on any atom is -0.366 e. The molecule has 0 radical (unpaired) electrons. The number of aryl methyl sites for hydroxylation is 1. The average molecular weight is 311 g/mol. The molecule has 0 bridgehead atoms. The van der Waals surface area contributed by atoms with Crippen LogP contribution in [0, 0.1) is 12.8 Å². The van der Waals surface area contributed by atoms with Gasteiger partial charge in [-0.15, -0.1) is 0 Å². The van der Waals surface area contributed by atoms with Crippen LogP contribution in [0.2, 0.25) is 0 Å². The fourth-order valence-electron chi connectivity index (χ4n) is 2.41. The molecule has 1 aliphatic rings. The standard InChI is InChI=1S/C14H21N3O3S/c1-9-3-6-11(7-12(9)13(16)18)21(19,20)17-14(2,8-15)10-4-5-10/h3,6-7,10,17H,4-5,8,15H2,1-2H3,(H2,16,18). The van der Waals surface area contributed by atoms with E-state index in [-0.39, 0.29) is 22.9 Å². The van der Waals surface area contributed by atoms with Crippen molar-refractivity contribution in [1.82, 2.24) is 4.72 Å². The van der Waals surface area contributed by atoms with Crippen molar-refractivity contribution in [2.75, 3.05) is 6.54 Å². The molecule has 1 fully saturated rings. The summed E-state index contributed by atoms with van der Waals surface area (Å²) in [4.78, 5) is 11.4. The number of sulfonamides is 1. The van der Waals surface area contributed by atoms with Crippen LogP contribution in [0.25, 0.3) is 0 Å². The first kappa shape index (κ1) is 15.9. The Labute approximate surface area is 124 Å². The molecule has 0 aromatic heterocycles. The first-order valence-corrected chi connectivity index (χ1v) is 8.32. The molecule has 0 aliphatic heterocycles. The van der Waals surface area contributed by atoms with Crippen molar-refractivity contribution in [2.45, 2.75) is 37.1 Å². The molecule has 1 aromatic carbocycles. The molecule has 1 amide bonds. The number of nitrogens with one attached hydrogen (secondary N) is 1. The van der Waals surface area contributed by atoms with E-state index in [0.29, 0.717) is 5.56 Å². The van der Waals surface area contributed by atoms with Gasteiger partial charge in [0.25, 0.3) is 0 Å². The monoisotopic (exact) mass is 311 g/mol. The SMILES string of the molecule is Cc1ccc(S(=O)(=O)NC(C)(CN)C2CC2)cc1C(N)=O. The Morgan fingerprint density at radius 3 is 2.52 bits per heavy atom. The fraction of sp³-hybridized carbons (Fsp3) is 0.500. The van der Waals surface area contributed by atoms with Gasteiger partial charge in [0.1, 0.15) is 0 Å². The molecule has 2 rings (SSSR count).